The van der Waals surface area contributed by atoms with Crippen LogP contribution in [0.4, 0.5) is 0 Å². The van der Waals surface area contributed by atoms with Crippen LogP contribution in [-0.4, -0.2) is 9.96 Å². The van der Waals surface area contributed by atoms with E-state index in [1.165, 1.54) is 6.42 Å². The third-order valence-corrected chi connectivity index (χ3v) is 3.74. The Morgan fingerprint density at radius 2 is 1.82 bits per heavy atom. The summed E-state index contributed by atoms with van der Waals surface area (Å²) in [4.78, 5) is 0. The molecule has 2 unspecified atom stereocenters. The van der Waals surface area contributed by atoms with Gasteiger partial charge in [-0.2, -0.15) is 0 Å². The molecule has 0 saturated carbocycles. The second-order valence-corrected chi connectivity index (χ2v) is 6.40. The zero-order valence-corrected chi connectivity index (χ0v) is 9.72. The molecule has 0 aromatic rings. The second-order valence-electron chi connectivity index (χ2n) is 3.94. The van der Waals surface area contributed by atoms with Crippen LogP contribution < -0.4 is 0 Å². The van der Waals surface area contributed by atoms with Crippen molar-refractivity contribution in [3.05, 3.63) is 0 Å². The Morgan fingerprint density at radius 3 is 1.91 bits per heavy atom. The van der Waals surface area contributed by atoms with E-state index in [1.54, 1.807) is 0 Å². The van der Waals surface area contributed by atoms with Gasteiger partial charge in [0.25, 0.3) is 0 Å². The number of thioether (sulfide) groups is 1. The Bertz CT molecular complexity index is 105. The van der Waals surface area contributed by atoms with Gasteiger partial charge >= 0.3 is 0 Å². The van der Waals surface area contributed by atoms with Crippen LogP contribution in [0.3, 0.4) is 0 Å². The van der Waals surface area contributed by atoms with Gasteiger partial charge in [0, 0.05) is 5.25 Å². The highest BCUT2D eigenvalue weighted by Gasteiger charge is 2.24. The van der Waals surface area contributed by atoms with Gasteiger partial charge in [0.2, 0.25) is 0 Å². The molecule has 0 aromatic carbocycles. The zero-order chi connectivity index (χ0) is 9.07. The minimum atomic E-state index is 0.235. The van der Waals surface area contributed by atoms with E-state index in [4.69, 9.17) is 11.6 Å². The van der Waals surface area contributed by atoms with Crippen molar-refractivity contribution < 1.29 is 0 Å². The summed E-state index contributed by atoms with van der Waals surface area (Å²) in [6, 6.07) is 0. The Kier molecular flexibility index (Phi) is 4.88. The van der Waals surface area contributed by atoms with Crippen LogP contribution in [0.5, 0.6) is 0 Å². The number of rotatable bonds is 3. The van der Waals surface area contributed by atoms with E-state index in [2.05, 4.69) is 27.7 Å². The van der Waals surface area contributed by atoms with Crippen molar-refractivity contribution in [1.82, 2.24) is 0 Å². The van der Waals surface area contributed by atoms with E-state index in [1.807, 2.05) is 18.7 Å². The van der Waals surface area contributed by atoms with Gasteiger partial charge in [0.05, 0.1) is 4.71 Å². The lowest BCUT2D eigenvalue weighted by Crippen LogP contribution is -2.23. The molecule has 0 aliphatic rings. The molecule has 0 spiro atoms. The van der Waals surface area contributed by atoms with Gasteiger partial charge in [-0.15, -0.1) is 23.4 Å². The lowest BCUT2D eigenvalue weighted by atomic mass is 9.90. The maximum absolute atomic E-state index is 5.92. The average Bonchev–Trinajstić information content (AvgIpc) is 1.79. The summed E-state index contributed by atoms with van der Waals surface area (Å²) < 4.78 is 0.235. The van der Waals surface area contributed by atoms with Crippen molar-refractivity contribution >= 4 is 23.4 Å². The Hall–Kier alpha value is 0.640. The molecule has 0 saturated heterocycles. The molecule has 0 rings (SSSR count). The summed E-state index contributed by atoms with van der Waals surface area (Å²) in [5.74, 6) is 0. The number of hydrogen-bond acceptors (Lipinski definition) is 1. The molecule has 0 aromatic heterocycles. The summed E-state index contributed by atoms with van der Waals surface area (Å²) in [5.41, 5.74) is 0.378. The van der Waals surface area contributed by atoms with E-state index in [9.17, 15) is 0 Å². The van der Waals surface area contributed by atoms with Crippen LogP contribution >= 0.6 is 23.4 Å². The van der Waals surface area contributed by atoms with Gasteiger partial charge < -0.3 is 0 Å². The largest absolute Gasteiger partial charge is 0.139 e. The molecule has 68 valence electrons. The first-order valence-electron chi connectivity index (χ1n) is 4.17. The zero-order valence-electron chi connectivity index (χ0n) is 8.15. The van der Waals surface area contributed by atoms with E-state index in [0.717, 1.165) is 0 Å². The molecule has 0 radical (unpaired) electrons. The van der Waals surface area contributed by atoms with Crippen molar-refractivity contribution in [3.63, 3.8) is 0 Å². The SMILES string of the molecule is CCC(SC(C)Cl)C(C)(C)C. The van der Waals surface area contributed by atoms with Crippen molar-refractivity contribution in [2.24, 2.45) is 5.41 Å². The summed E-state index contributed by atoms with van der Waals surface area (Å²) in [6.45, 7) is 11.1. The van der Waals surface area contributed by atoms with E-state index >= 15 is 0 Å². The van der Waals surface area contributed by atoms with Crippen molar-refractivity contribution in [1.29, 1.82) is 0 Å². The highest BCUT2D eigenvalue weighted by atomic mass is 35.5. The lowest BCUT2D eigenvalue weighted by molar-refractivity contribution is 0.387. The molecule has 0 nitrogen and oxygen atoms in total. The van der Waals surface area contributed by atoms with Crippen LogP contribution in [0.2, 0.25) is 0 Å². The molecule has 0 aliphatic heterocycles. The Balaban J connectivity index is 3.96. The van der Waals surface area contributed by atoms with Gasteiger partial charge in [0.15, 0.2) is 0 Å². The number of halogens is 1. The smallest absolute Gasteiger partial charge is 0.0763 e. The number of alkyl halides is 1. The predicted molar refractivity (Wildman–Crippen MR) is 56.4 cm³/mol. The third kappa shape index (κ3) is 4.97. The quantitative estimate of drug-likeness (QED) is 0.609. The minimum Gasteiger partial charge on any atom is -0.139 e. The fourth-order valence-electron chi connectivity index (χ4n) is 1.14. The van der Waals surface area contributed by atoms with Gasteiger partial charge in [-0.05, 0) is 18.8 Å². The van der Waals surface area contributed by atoms with Crippen LogP contribution in [0, 0.1) is 5.41 Å². The normalized spacial score (nSPS) is 18.0. The topological polar surface area (TPSA) is 0 Å². The fourth-order valence-corrected chi connectivity index (χ4v) is 2.57. The summed E-state index contributed by atoms with van der Waals surface area (Å²) in [5, 5.41) is 0.676. The lowest BCUT2D eigenvalue weighted by Gasteiger charge is -2.29. The summed E-state index contributed by atoms with van der Waals surface area (Å²) in [7, 11) is 0. The Morgan fingerprint density at radius 1 is 1.36 bits per heavy atom. The van der Waals surface area contributed by atoms with Crippen molar-refractivity contribution in [3.8, 4) is 0 Å². The van der Waals surface area contributed by atoms with Crippen LogP contribution in [-0.2, 0) is 0 Å². The molecule has 0 N–H and O–H groups in total. The predicted octanol–water partition coefficient (Wildman–Crippen LogP) is 4.13. The van der Waals surface area contributed by atoms with Crippen molar-refractivity contribution in [2.75, 3.05) is 0 Å². The highest BCUT2D eigenvalue weighted by Crippen LogP contribution is 2.35. The average molecular weight is 195 g/mol. The molecule has 2 atom stereocenters. The molecular formula is C9H19ClS. The molecule has 0 fully saturated rings. The first-order valence-corrected chi connectivity index (χ1v) is 5.55. The van der Waals surface area contributed by atoms with E-state index in [-0.39, 0.29) is 4.71 Å². The standard InChI is InChI=1S/C9H19ClS/c1-6-8(9(3,4)5)11-7(2)10/h7-8H,6H2,1-5H3. The van der Waals surface area contributed by atoms with E-state index in [0.29, 0.717) is 10.7 Å². The maximum Gasteiger partial charge on any atom is 0.0763 e. The second kappa shape index (κ2) is 4.61. The van der Waals surface area contributed by atoms with Gasteiger partial charge in [-0.3, -0.25) is 0 Å². The number of hydrogen-bond donors (Lipinski definition) is 0. The first kappa shape index (κ1) is 11.6. The maximum atomic E-state index is 5.92. The first-order chi connectivity index (χ1) is 4.88. The summed E-state index contributed by atoms with van der Waals surface area (Å²) in [6.07, 6.45) is 1.20. The minimum absolute atomic E-state index is 0.235. The monoisotopic (exact) mass is 194 g/mol. The van der Waals surface area contributed by atoms with E-state index < -0.39 is 0 Å². The van der Waals surface area contributed by atoms with Crippen LogP contribution in [0.25, 0.3) is 0 Å². The molecule has 11 heavy (non-hydrogen) atoms. The van der Waals surface area contributed by atoms with Gasteiger partial charge in [-0.1, -0.05) is 27.7 Å². The third-order valence-electron chi connectivity index (χ3n) is 1.69. The molecule has 0 aliphatic carbocycles. The molecule has 2 heteroatoms. The molecule has 0 heterocycles. The molecule has 0 amide bonds. The van der Waals surface area contributed by atoms with Crippen LogP contribution in [0.1, 0.15) is 41.0 Å². The van der Waals surface area contributed by atoms with Gasteiger partial charge in [0.1, 0.15) is 0 Å². The van der Waals surface area contributed by atoms with Crippen molar-refractivity contribution in [2.45, 2.75) is 51.0 Å². The molecular weight excluding hydrogens is 176 g/mol. The van der Waals surface area contributed by atoms with Gasteiger partial charge in [-0.25, -0.2) is 0 Å². The Labute approximate surface area is 80.1 Å². The fraction of sp³-hybridized carbons (Fsp3) is 1.00. The molecule has 0 bridgehead atoms. The highest BCUT2D eigenvalue weighted by molar-refractivity contribution is 8.01. The van der Waals surface area contributed by atoms with Crippen LogP contribution in [0.15, 0.2) is 0 Å². The summed E-state index contributed by atoms with van der Waals surface area (Å²) >= 11 is 7.79.